The van der Waals surface area contributed by atoms with Gasteiger partial charge in [0.1, 0.15) is 5.82 Å². The van der Waals surface area contributed by atoms with Gasteiger partial charge in [0.15, 0.2) is 47.0 Å². The third-order valence-electron chi connectivity index (χ3n) is 5.49. The molecule has 0 atom stereocenters. The summed E-state index contributed by atoms with van der Waals surface area (Å²) in [6.45, 7) is 2.25. The predicted molar refractivity (Wildman–Crippen MR) is 141 cm³/mol. The minimum absolute atomic E-state index is 0.0144. The summed E-state index contributed by atoms with van der Waals surface area (Å²) in [5.41, 5.74) is -0.885. The molecule has 0 fully saturated rings. The third-order valence-corrected chi connectivity index (χ3v) is 5.95. The number of nitrogens with one attached hydrogen (secondary N) is 2. The largest absolute Gasteiger partial charge is 0.569 e. The monoisotopic (exact) mass is 581 g/mol. The lowest BCUT2D eigenvalue weighted by Crippen LogP contribution is -2.53. The highest BCUT2D eigenvalue weighted by Gasteiger charge is 2.45. The second kappa shape index (κ2) is 11.2. The molecule has 2 aromatic heterocycles. The number of carbonyl (C=O) groups is 1. The first-order valence-electron chi connectivity index (χ1n) is 11.5. The van der Waals surface area contributed by atoms with Gasteiger partial charge in [-0.25, -0.2) is 14.4 Å². The Labute approximate surface area is 228 Å². The normalized spacial score (nSPS) is 14.2. The number of nitrogens with zero attached hydrogens (tertiary/aromatic N) is 4. The van der Waals surface area contributed by atoms with Crippen LogP contribution < -0.4 is 34.5 Å². The molecule has 0 saturated heterocycles. The van der Waals surface area contributed by atoms with Gasteiger partial charge in [0, 0.05) is 17.8 Å². The molecule has 5 N–H and O–H groups in total. The zero-order chi connectivity index (χ0) is 29.2. The molecule has 0 spiro atoms. The van der Waals surface area contributed by atoms with E-state index in [1.165, 1.54) is 47.3 Å². The number of carbonyl (C=O) groups excluding carboxylic acids is 1. The zero-order valence-electron chi connectivity index (χ0n) is 22.0. The minimum Gasteiger partial charge on any atom is -0.493 e. The van der Waals surface area contributed by atoms with Crippen LogP contribution in [0.1, 0.15) is 13.8 Å². The lowest BCUT2D eigenvalue weighted by molar-refractivity contribution is -0.133. The van der Waals surface area contributed by atoms with Gasteiger partial charge in [-0.15, -0.1) is 4.52 Å². The van der Waals surface area contributed by atoms with Crippen molar-refractivity contribution in [2.75, 3.05) is 43.6 Å². The molecule has 214 valence electrons. The molecule has 0 saturated carbocycles. The molecule has 0 aliphatic carbocycles. The molecular weight excluding hydrogens is 554 g/mol. The first-order valence-corrected chi connectivity index (χ1v) is 13.0. The highest BCUT2D eigenvalue weighted by atomic mass is 31.2. The molecule has 1 amide bonds. The van der Waals surface area contributed by atoms with Crippen molar-refractivity contribution in [1.82, 2.24) is 15.0 Å². The molecular formula is C23H27FN6O9P+. The van der Waals surface area contributed by atoms with Gasteiger partial charge < -0.3 is 29.6 Å². The van der Waals surface area contributed by atoms with Gasteiger partial charge in [-0.1, -0.05) is 0 Å². The zero-order valence-corrected chi connectivity index (χ0v) is 22.9. The number of methoxy groups -OCH3 is 3. The van der Waals surface area contributed by atoms with Crippen LogP contribution in [0.4, 0.5) is 33.5 Å². The molecule has 1 aromatic carbocycles. The van der Waals surface area contributed by atoms with Gasteiger partial charge in [0.25, 0.3) is 5.91 Å². The Morgan fingerprint density at radius 3 is 2.33 bits per heavy atom. The van der Waals surface area contributed by atoms with Crippen LogP contribution in [0.2, 0.25) is 0 Å². The van der Waals surface area contributed by atoms with Crippen molar-refractivity contribution in [2.45, 2.75) is 19.4 Å². The van der Waals surface area contributed by atoms with E-state index in [4.69, 9.17) is 18.9 Å². The first kappa shape index (κ1) is 28.9. The standard InChI is InChI=1S/C23H27FN6O9P/c1-23(2)21(31)30(11-38-40(32,33)34)20-14(39-23)6-7-17(28-20)27-19-13(24)10-25-22(29-19)26-12-8-15(35-3)18(37-5)16(9-12)36-4/h6-10,32-34H,11H2,1-5H3,(H2,25,26,27,28,29)/q+1. The number of hydrogen-bond acceptors (Lipinski definition) is 14. The molecule has 0 bridgehead atoms. The van der Waals surface area contributed by atoms with Crippen LogP contribution in [0.15, 0.2) is 30.5 Å². The number of fused-ring (bicyclic) bond motifs is 1. The van der Waals surface area contributed by atoms with E-state index < -0.39 is 32.2 Å². The maximum absolute atomic E-state index is 14.7. The van der Waals surface area contributed by atoms with E-state index in [1.54, 1.807) is 12.1 Å². The Kier molecular flexibility index (Phi) is 8.09. The SMILES string of the molecule is COc1cc(Nc2ncc(F)c(Nc3ccc4c(n3)N(CO[P+](O)(O)O)C(=O)C(C)(C)O4)n2)cc(OC)c1OC. The molecule has 3 heterocycles. The van der Waals surface area contributed by atoms with Crippen molar-refractivity contribution in [3.05, 3.63) is 36.3 Å². The van der Waals surface area contributed by atoms with Gasteiger partial charge in [-0.2, -0.15) is 19.7 Å². The first-order chi connectivity index (χ1) is 18.8. The lowest BCUT2D eigenvalue weighted by Gasteiger charge is -2.37. The van der Waals surface area contributed by atoms with E-state index in [1.807, 2.05) is 0 Å². The number of aromatic nitrogens is 3. The Hall–Kier alpha value is -4.08. The van der Waals surface area contributed by atoms with Gasteiger partial charge in [0.05, 0.1) is 27.5 Å². The van der Waals surface area contributed by atoms with Crippen LogP contribution in [-0.4, -0.2) is 69.2 Å². The summed E-state index contributed by atoms with van der Waals surface area (Å²) in [7, 11) is -0.262. The molecule has 0 radical (unpaired) electrons. The van der Waals surface area contributed by atoms with Crippen molar-refractivity contribution < 1.29 is 47.3 Å². The van der Waals surface area contributed by atoms with Gasteiger partial charge >= 0.3 is 8.17 Å². The van der Waals surface area contributed by atoms with Gasteiger partial charge in [0.2, 0.25) is 11.7 Å². The van der Waals surface area contributed by atoms with Gasteiger partial charge in [-0.05, 0) is 26.0 Å². The van der Waals surface area contributed by atoms with Crippen molar-refractivity contribution in [1.29, 1.82) is 0 Å². The molecule has 0 unspecified atom stereocenters. The Morgan fingerprint density at radius 1 is 1.05 bits per heavy atom. The van der Waals surface area contributed by atoms with E-state index in [0.717, 1.165) is 11.1 Å². The molecule has 1 aliphatic heterocycles. The highest BCUT2D eigenvalue weighted by Crippen LogP contribution is 2.47. The molecule has 17 heteroatoms. The van der Waals surface area contributed by atoms with E-state index in [2.05, 4.69) is 30.1 Å². The fourth-order valence-corrected chi connectivity index (χ4v) is 3.96. The van der Waals surface area contributed by atoms with Crippen LogP contribution in [0.3, 0.4) is 0 Å². The average molecular weight is 581 g/mol. The molecule has 4 rings (SSSR count). The highest BCUT2D eigenvalue weighted by molar-refractivity contribution is 7.53. The third kappa shape index (κ3) is 6.21. The quantitative estimate of drug-likeness (QED) is 0.220. The van der Waals surface area contributed by atoms with E-state index in [9.17, 15) is 23.9 Å². The summed E-state index contributed by atoms with van der Waals surface area (Å²) >= 11 is 0. The van der Waals surface area contributed by atoms with Crippen LogP contribution in [0.5, 0.6) is 23.0 Å². The van der Waals surface area contributed by atoms with Crippen molar-refractivity contribution in [3.63, 3.8) is 0 Å². The molecule has 3 aromatic rings. The van der Waals surface area contributed by atoms with Crippen LogP contribution in [-0.2, 0) is 9.32 Å². The summed E-state index contributed by atoms with van der Waals surface area (Å²) in [5, 5.41) is 5.66. The van der Waals surface area contributed by atoms with E-state index in [-0.39, 0.29) is 29.2 Å². The minimum atomic E-state index is -4.66. The second-order valence-corrected chi connectivity index (χ2v) is 9.97. The Bertz CT molecular complexity index is 1400. The number of halogens is 1. The summed E-state index contributed by atoms with van der Waals surface area (Å²) in [5.74, 6) is -0.422. The second-order valence-electron chi connectivity index (χ2n) is 8.69. The fourth-order valence-electron chi connectivity index (χ4n) is 3.69. The van der Waals surface area contributed by atoms with Crippen LogP contribution >= 0.6 is 8.17 Å². The Morgan fingerprint density at radius 2 is 1.73 bits per heavy atom. The van der Waals surface area contributed by atoms with Crippen LogP contribution in [0.25, 0.3) is 0 Å². The molecule has 40 heavy (non-hydrogen) atoms. The number of hydrogen-bond donors (Lipinski definition) is 5. The Balaban J connectivity index is 1.62. The van der Waals surface area contributed by atoms with Crippen molar-refractivity contribution >= 4 is 43.2 Å². The lowest BCUT2D eigenvalue weighted by atomic mass is 10.1. The number of amides is 1. The van der Waals surface area contributed by atoms with E-state index in [0.29, 0.717) is 22.9 Å². The van der Waals surface area contributed by atoms with Crippen molar-refractivity contribution in [2.24, 2.45) is 0 Å². The van der Waals surface area contributed by atoms with Crippen molar-refractivity contribution in [3.8, 4) is 23.0 Å². The maximum atomic E-state index is 14.7. The number of anilines is 5. The smallest absolute Gasteiger partial charge is 0.493 e. The predicted octanol–water partition coefficient (Wildman–Crippen LogP) is 2.66. The van der Waals surface area contributed by atoms with Gasteiger partial charge in [-0.3, -0.25) is 9.69 Å². The van der Waals surface area contributed by atoms with Crippen LogP contribution in [0, 0.1) is 5.82 Å². The summed E-state index contributed by atoms with van der Waals surface area (Å²) < 4.78 is 41.0. The number of ether oxygens (including phenoxy) is 4. The number of pyridine rings is 1. The summed E-state index contributed by atoms with van der Waals surface area (Å²) in [6, 6.07) is 6.16. The topological polar surface area (TPSA) is 190 Å². The molecule has 1 aliphatic rings. The number of benzene rings is 1. The fraction of sp³-hybridized carbons (Fsp3) is 0.304. The molecule has 15 nitrogen and oxygen atoms in total. The average Bonchev–Trinajstić information content (AvgIpc) is 2.89. The summed E-state index contributed by atoms with van der Waals surface area (Å²) in [4.78, 5) is 53.9. The summed E-state index contributed by atoms with van der Waals surface area (Å²) in [6.07, 6.45) is 0.941. The van der Waals surface area contributed by atoms with E-state index >= 15 is 0 Å². The number of rotatable bonds is 10. The maximum Gasteiger partial charge on any atom is 0.569 e.